The Kier molecular flexibility index (Phi) is 4.34. The predicted octanol–water partition coefficient (Wildman–Crippen LogP) is 1.20. The summed E-state index contributed by atoms with van der Waals surface area (Å²) in [6.45, 7) is 0.587. The highest BCUT2D eigenvalue weighted by Crippen LogP contribution is 2.17. The molecule has 2 rings (SSSR count). The van der Waals surface area contributed by atoms with Crippen LogP contribution in [0.5, 0.6) is 0 Å². The highest BCUT2D eigenvalue weighted by molar-refractivity contribution is 8.13. The van der Waals surface area contributed by atoms with Gasteiger partial charge in [-0.15, -0.1) is 0 Å². The SMILES string of the molecule is CS(=O)(=O)c1ccc(NC(=O)CN2CCSC2=O)cc1. The molecule has 1 heterocycles. The number of anilines is 1. The lowest BCUT2D eigenvalue weighted by Crippen LogP contribution is -2.33. The molecule has 20 heavy (non-hydrogen) atoms. The number of benzene rings is 1. The number of nitrogens with zero attached hydrogens (tertiary/aromatic N) is 1. The van der Waals surface area contributed by atoms with E-state index in [1.165, 1.54) is 40.9 Å². The van der Waals surface area contributed by atoms with E-state index in [1.54, 1.807) is 0 Å². The Morgan fingerprint density at radius 3 is 2.50 bits per heavy atom. The molecule has 0 aromatic heterocycles. The molecule has 1 aliphatic rings. The second-order valence-electron chi connectivity index (χ2n) is 4.38. The smallest absolute Gasteiger partial charge is 0.282 e. The van der Waals surface area contributed by atoms with Gasteiger partial charge in [-0.2, -0.15) is 0 Å². The lowest BCUT2D eigenvalue weighted by molar-refractivity contribution is -0.116. The third-order valence-electron chi connectivity index (χ3n) is 2.75. The molecule has 6 nitrogen and oxygen atoms in total. The van der Waals surface area contributed by atoms with Crippen molar-refractivity contribution in [2.24, 2.45) is 0 Å². The summed E-state index contributed by atoms with van der Waals surface area (Å²) in [4.78, 5) is 24.8. The van der Waals surface area contributed by atoms with Crippen LogP contribution in [0.4, 0.5) is 10.5 Å². The first-order valence-corrected chi connectivity index (χ1v) is 8.75. The molecule has 108 valence electrons. The molecular formula is C12H14N2O4S2. The van der Waals surface area contributed by atoms with Gasteiger partial charge in [-0.05, 0) is 24.3 Å². The predicted molar refractivity (Wildman–Crippen MR) is 77.6 cm³/mol. The maximum Gasteiger partial charge on any atom is 0.282 e. The molecule has 1 saturated heterocycles. The van der Waals surface area contributed by atoms with Crippen LogP contribution in [0.1, 0.15) is 0 Å². The van der Waals surface area contributed by atoms with Gasteiger partial charge in [-0.3, -0.25) is 9.59 Å². The van der Waals surface area contributed by atoms with Crippen LogP contribution in [-0.2, 0) is 14.6 Å². The molecule has 0 saturated carbocycles. The number of carbonyl (C=O) groups is 2. The molecule has 1 fully saturated rings. The van der Waals surface area contributed by atoms with Gasteiger partial charge in [0.05, 0.1) is 4.90 Å². The first-order chi connectivity index (χ1) is 9.36. The van der Waals surface area contributed by atoms with Gasteiger partial charge in [-0.1, -0.05) is 11.8 Å². The normalized spacial score (nSPS) is 15.4. The number of sulfone groups is 1. The van der Waals surface area contributed by atoms with E-state index >= 15 is 0 Å². The van der Waals surface area contributed by atoms with Gasteiger partial charge in [0.2, 0.25) is 5.91 Å². The molecule has 0 unspecified atom stereocenters. The zero-order valence-corrected chi connectivity index (χ0v) is 12.5. The molecule has 1 aromatic carbocycles. The quantitative estimate of drug-likeness (QED) is 0.903. The fraction of sp³-hybridized carbons (Fsp3) is 0.333. The molecule has 1 aliphatic heterocycles. The van der Waals surface area contributed by atoms with Crippen LogP contribution >= 0.6 is 11.8 Å². The minimum atomic E-state index is -3.24. The van der Waals surface area contributed by atoms with Crippen LogP contribution in [-0.4, -0.2) is 49.6 Å². The summed E-state index contributed by atoms with van der Waals surface area (Å²) < 4.78 is 22.6. The van der Waals surface area contributed by atoms with E-state index in [-0.39, 0.29) is 22.6 Å². The Morgan fingerprint density at radius 2 is 2.00 bits per heavy atom. The number of amides is 2. The molecule has 2 amide bonds. The van der Waals surface area contributed by atoms with Gasteiger partial charge in [0.15, 0.2) is 9.84 Å². The average molecular weight is 314 g/mol. The van der Waals surface area contributed by atoms with E-state index in [2.05, 4.69) is 5.32 Å². The third-order valence-corrected chi connectivity index (χ3v) is 4.77. The maximum atomic E-state index is 11.8. The van der Waals surface area contributed by atoms with E-state index in [9.17, 15) is 18.0 Å². The van der Waals surface area contributed by atoms with Gasteiger partial charge in [0.25, 0.3) is 5.24 Å². The zero-order chi connectivity index (χ0) is 14.8. The maximum absolute atomic E-state index is 11.8. The Bertz CT molecular complexity index is 625. The molecular weight excluding hydrogens is 300 g/mol. The molecule has 1 aromatic rings. The molecule has 0 radical (unpaired) electrons. The number of hydrogen-bond acceptors (Lipinski definition) is 5. The Hall–Kier alpha value is -1.54. The monoisotopic (exact) mass is 314 g/mol. The minimum Gasteiger partial charge on any atom is -0.325 e. The van der Waals surface area contributed by atoms with Crippen molar-refractivity contribution in [3.8, 4) is 0 Å². The van der Waals surface area contributed by atoms with Crippen molar-refractivity contribution in [3.63, 3.8) is 0 Å². The second-order valence-corrected chi connectivity index (χ2v) is 7.44. The van der Waals surface area contributed by atoms with Crippen LogP contribution < -0.4 is 5.32 Å². The molecule has 8 heteroatoms. The fourth-order valence-corrected chi connectivity index (χ4v) is 3.18. The average Bonchev–Trinajstić information content (AvgIpc) is 2.74. The summed E-state index contributed by atoms with van der Waals surface area (Å²) >= 11 is 1.20. The van der Waals surface area contributed by atoms with Crippen LogP contribution in [0.15, 0.2) is 29.2 Å². The molecule has 0 atom stereocenters. The Labute approximate surface area is 121 Å². The summed E-state index contributed by atoms with van der Waals surface area (Å²) in [5.74, 6) is 0.405. The van der Waals surface area contributed by atoms with Crippen LogP contribution in [0.2, 0.25) is 0 Å². The zero-order valence-electron chi connectivity index (χ0n) is 10.8. The van der Waals surface area contributed by atoms with Gasteiger partial charge in [-0.25, -0.2) is 8.42 Å². The summed E-state index contributed by atoms with van der Waals surface area (Å²) in [5, 5.41) is 2.54. The first-order valence-electron chi connectivity index (χ1n) is 5.88. The Morgan fingerprint density at radius 1 is 1.35 bits per heavy atom. The number of nitrogens with one attached hydrogen (secondary N) is 1. The van der Waals surface area contributed by atoms with Gasteiger partial charge in [0.1, 0.15) is 6.54 Å². The Balaban J connectivity index is 1.96. The molecule has 1 N–H and O–H groups in total. The molecule has 0 aliphatic carbocycles. The summed E-state index contributed by atoms with van der Waals surface area (Å²) in [5.41, 5.74) is 0.502. The lowest BCUT2D eigenvalue weighted by Gasteiger charge is -2.14. The van der Waals surface area contributed by atoms with E-state index in [0.29, 0.717) is 18.0 Å². The largest absolute Gasteiger partial charge is 0.325 e. The topological polar surface area (TPSA) is 83.6 Å². The van der Waals surface area contributed by atoms with E-state index in [0.717, 1.165) is 6.26 Å². The van der Waals surface area contributed by atoms with E-state index in [1.807, 2.05) is 0 Å². The van der Waals surface area contributed by atoms with Crippen LogP contribution in [0.25, 0.3) is 0 Å². The van der Waals surface area contributed by atoms with Gasteiger partial charge in [0, 0.05) is 24.2 Å². The summed E-state index contributed by atoms with van der Waals surface area (Å²) in [6, 6.07) is 5.91. The number of rotatable bonds is 4. The summed E-state index contributed by atoms with van der Waals surface area (Å²) in [6.07, 6.45) is 1.12. The van der Waals surface area contributed by atoms with Crippen molar-refractivity contribution in [2.75, 3.05) is 30.4 Å². The van der Waals surface area contributed by atoms with Crippen molar-refractivity contribution in [2.45, 2.75) is 4.90 Å². The van der Waals surface area contributed by atoms with Crippen molar-refractivity contribution < 1.29 is 18.0 Å². The second kappa shape index (κ2) is 5.84. The highest BCUT2D eigenvalue weighted by atomic mass is 32.2. The number of thioether (sulfide) groups is 1. The van der Waals surface area contributed by atoms with Crippen molar-refractivity contribution >= 4 is 38.4 Å². The van der Waals surface area contributed by atoms with E-state index < -0.39 is 9.84 Å². The van der Waals surface area contributed by atoms with Crippen molar-refractivity contribution in [1.82, 2.24) is 4.90 Å². The van der Waals surface area contributed by atoms with E-state index in [4.69, 9.17) is 0 Å². The molecule has 0 bridgehead atoms. The fourth-order valence-electron chi connectivity index (χ4n) is 1.73. The van der Waals surface area contributed by atoms with Crippen LogP contribution in [0, 0.1) is 0 Å². The summed E-state index contributed by atoms with van der Waals surface area (Å²) in [7, 11) is -3.24. The molecule has 0 spiro atoms. The van der Waals surface area contributed by atoms with Crippen LogP contribution in [0.3, 0.4) is 0 Å². The van der Waals surface area contributed by atoms with Gasteiger partial charge < -0.3 is 10.2 Å². The minimum absolute atomic E-state index is 0.0136. The standard InChI is InChI=1S/C12H14N2O4S2/c1-20(17,18)10-4-2-9(3-5-10)13-11(15)8-14-6-7-19-12(14)16/h2-5H,6-8H2,1H3,(H,13,15). The number of carbonyl (C=O) groups excluding carboxylic acids is 2. The van der Waals surface area contributed by atoms with Crippen molar-refractivity contribution in [1.29, 1.82) is 0 Å². The number of hydrogen-bond donors (Lipinski definition) is 1. The highest BCUT2D eigenvalue weighted by Gasteiger charge is 2.23. The first kappa shape index (κ1) is 14.9. The van der Waals surface area contributed by atoms with Gasteiger partial charge >= 0.3 is 0 Å². The van der Waals surface area contributed by atoms with Crippen molar-refractivity contribution in [3.05, 3.63) is 24.3 Å². The lowest BCUT2D eigenvalue weighted by atomic mass is 10.3. The third kappa shape index (κ3) is 3.73.